The van der Waals surface area contributed by atoms with Crippen LogP contribution in [0.1, 0.15) is 47.6 Å². The fraction of sp³-hybridized carbons (Fsp3) is 0.474. The van der Waals surface area contributed by atoms with E-state index in [0.29, 0.717) is 12.1 Å². The number of carbonyl (C=O) groups is 2. The van der Waals surface area contributed by atoms with Gasteiger partial charge in [0.25, 0.3) is 5.91 Å². The van der Waals surface area contributed by atoms with E-state index in [2.05, 4.69) is 15.5 Å². The van der Waals surface area contributed by atoms with Crippen molar-refractivity contribution in [2.24, 2.45) is 5.92 Å². The monoisotopic (exact) mass is 358 g/mol. The van der Waals surface area contributed by atoms with Gasteiger partial charge in [0.05, 0.1) is 18.5 Å². The third-order valence-corrected chi connectivity index (χ3v) is 4.06. The van der Waals surface area contributed by atoms with E-state index in [1.807, 2.05) is 45.9 Å². The van der Waals surface area contributed by atoms with Crippen LogP contribution in [0.3, 0.4) is 0 Å². The van der Waals surface area contributed by atoms with Crippen LogP contribution in [-0.2, 0) is 9.53 Å². The van der Waals surface area contributed by atoms with Crippen LogP contribution in [0.25, 0.3) is 5.69 Å². The Morgan fingerprint density at radius 2 is 1.88 bits per heavy atom. The number of rotatable bonds is 6. The van der Waals surface area contributed by atoms with Gasteiger partial charge in [0.2, 0.25) is 0 Å². The van der Waals surface area contributed by atoms with Gasteiger partial charge >= 0.3 is 5.97 Å². The molecule has 1 unspecified atom stereocenters. The van der Waals surface area contributed by atoms with Crippen LogP contribution in [0.5, 0.6) is 0 Å². The molecule has 0 saturated carbocycles. The molecule has 1 N–H and O–H groups in total. The minimum absolute atomic E-state index is 0.197. The third kappa shape index (κ3) is 4.47. The third-order valence-electron chi connectivity index (χ3n) is 4.06. The van der Waals surface area contributed by atoms with Gasteiger partial charge in [-0.15, -0.1) is 5.10 Å². The number of carbonyl (C=O) groups excluding carboxylic acids is 2. The summed E-state index contributed by atoms with van der Waals surface area (Å²) < 4.78 is 4.79. The van der Waals surface area contributed by atoms with E-state index in [4.69, 9.17) is 4.74 Å². The predicted molar refractivity (Wildman–Crippen MR) is 98.3 cm³/mol. The zero-order chi connectivity index (χ0) is 19.4. The smallest absolute Gasteiger partial charge is 0.328 e. The number of nitrogens with one attached hydrogen (secondary N) is 1. The highest BCUT2D eigenvalue weighted by Gasteiger charge is 2.26. The Morgan fingerprint density at radius 3 is 2.46 bits per heavy atom. The molecule has 2 aromatic rings. The van der Waals surface area contributed by atoms with Gasteiger partial charge in [0.1, 0.15) is 6.04 Å². The first-order valence-corrected chi connectivity index (χ1v) is 8.63. The number of hydrogen-bond acceptors (Lipinski definition) is 5. The number of nitrogens with zero attached hydrogens (tertiary/aromatic N) is 3. The Morgan fingerprint density at radius 1 is 1.19 bits per heavy atom. The summed E-state index contributed by atoms with van der Waals surface area (Å²) >= 11 is 0. The first-order chi connectivity index (χ1) is 12.2. The number of aromatic nitrogens is 3. The quantitative estimate of drug-likeness (QED) is 0.802. The topological polar surface area (TPSA) is 86.1 Å². The van der Waals surface area contributed by atoms with E-state index >= 15 is 0 Å². The summed E-state index contributed by atoms with van der Waals surface area (Å²) in [6.45, 7) is 9.65. The second kappa shape index (κ2) is 8.12. The summed E-state index contributed by atoms with van der Waals surface area (Å²) in [5.74, 6) is -0.674. The molecule has 1 amide bonds. The molecule has 1 atom stereocenters. The van der Waals surface area contributed by atoms with Crippen LogP contribution >= 0.6 is 0 Å². The fourth-order valence-corrected chi connectivity index (χ4v) is 2.78. The van der Waals surface area contributed by atoms with Crippen LogP contribution in [0, 0.1) is 26.7 Å². The highest BCUT2D eigenvalue weighted by atomic mass is 16.5. The molecule has 0 bridgehead atoms. The van der Waals surface area contributed by atoms with E-state index in [1.54, 1.807) is 6.92 Å². The minimum atomic E-state index is -0.710. The average Bonchev–Trinajstić information content (AvgIpc) is 2.94. The number of aryl methyl sites for hydroxylation is 3. The average molecular weight is 358 g/mol. The van der Waals surface area contributed by atoms with Gasteiger partial charge in [0.15, 0.2) is 5.69 Å². The summed E-state index contributed by atoms with van der Waals surface area (Å²) in [5, 5.41) is 11.4. The minimum Gasteiger partial charge on any atom is -0.467 e. The van der Waals surface area contributed by atoms with Gasteiger partial charge < -0.3 is 10.1 Å². The molecule has 140 valence electrons. The summed E-state index contributed by atoms with van der Waals surface area (Å²) in [5.41, 5.74) is 3.66. The van der Waals surface area contributed by atoms with E-state index < -0.39 is 17.9 Å². The number of amides is 1. The zero-order valence-corrected chi connectivity index (χ0v) is 16.2. The molecule has 26 heavy (non-hydrogen) atoms. The number of hydrogen-bond donors (Lipinski definition) is 1. The maximum absolute atomic E-state index is 12.6. The van der Waals surface area contributed by atoms with Gasteiger partial charge in [-0.05, 0) is 44.7 Å². The summed E-state index contributed by atoms with van der Waals surface area (Å²) in [7, 11) is 1.31. The molecular formula is C19H26N4O3. The molecule has 0 fully saturated rings. The van der Waals surface area contributed by atoms with Crippen LogP contribution in [-0.4, -0.2) is 40.0 Å². The fourth-order valence-electron chi connectivity index (χ4n) is 2.78. The number of ether oxygens (including phenoxy) is 1. The zero-order valence-electron chi connectivity index (χ0n) is 16.2. The first kappa shape index (κ1) is 19.6. The molecule has 0 aliphatic heterocycles. The van der Waals surface area contributed by atoms with Crippen LogP contribution in [0.2, 0.25) is 0 Å². The van der Waals surface area contributed by atoms with E-state index in [9.17, 15) is 9.59 Å². The van der Waals surface area contributed by atoms with Crippen molar-refractivity contribution in [2.75, 3.05) is 7.11 Å². The van der Waals surface area contributed by atoms with Crippen LogP contribution < -0.4 is 5.32 Å². The van der Waals surface area contributed by atoms with Gasteiger partial charge in [-0.2, -0.15) is 9.90 Å². The van der Waals surface area contributed by atoms with E-state index in [0.717, 1.165) is 16.8 Å². The Bertz CT molecular complexity index is 811. The molecule has 0 spiro atoms. The molecule has 7 nitrogen and oxygen atoms in total. The van der Waals surface area contributed by atoms with Crippen LogP contribution in [0.15, 0.2) is 18.2 Å². The lowest BCUT2D eigenvalue weighted by molar-refractivity contribution is -0.143. The maximum atomic E-state index is 12.6. The van der Waals surface area contributed by atoms with Crippen molar-refractivity contribution in [3.05, 3.63) is 40.7 Å². The van der Waals surface area contributed by atoms with Crippen molar-refractivity contribution in [3.63, 3.8) is 0 Å². The van der Waals surface area contributed by atoms with E-state index in [-0.39, 0.29) is 11.6 Å². The molecule has 7 heteroatoms. The van der Waals surface area contributed by atoms with Gasteiger partial charge in [-0.25, -0.2) is 4.79 Å². The summed E-state index contributed by atoms with van der Waals surface area (Å²) in [6, 6.07) is 5.21. The molecular weight excluding hydrogens is 332 g/mol. The molecule has 2 rings (SSSR count). The van der Waals surface area contributed by atoms with Gasteiger partial charge in [-0.1, -0.05) is 31.5 Å². The highest BCUT2D eigenvalue weighted by Crippen LogP contribution is 2.15. The Labute approximate surface area is 153 Å². The molecule has 0 aliphatic carbocycles. The number of methoxy groups -OCH3 is 1. The number of esters is 1. The van der Waals surface area contributed by atoms with E-state index in [1.165, 1.54) is 11.9 Å². The largest absolute Gasteiger partial charge is 0.467 e. The molecule has 0 radical (unpaired) electrons. The van der Waals surface area contributed by atoms with Gasteiger partial charge in [0, 0.05) is 0 Å². The SMILES string of the molecule is COC(=O)C(CC(C)C)NC(=O)c1nn(-c2ccc(C)cc2C)nc1C. The highest BCUT2D eigenvalue weighted by molar-refractivity contribution is 5.95. The Kier molecular flexibility index (Phi) is 6.13. The van der Waals surface area contributed by atoms with Crippen molar-refractivity contribution >= 4 is 11.9 Å². The predicted octanol–water partition coefficient (Wildman–Crippen LogP) is 2.51. The molecule has 1 heterocycles. The molecule has 1 aromatic carbocycles. The molecule has 1 aromatic heterocycles. The first-order valence-electron chi connectivity index (χ1n) is 8.63. The lowest BCUT2D eigenvalue weighted by Gasteiger charge is -2.17. The Balaban J connectivity index is 2.26. The molecule has 0 saturated heterocycles. The van der Waals surface area contributed by atoms with Crippen molar-refractivity contribution < 1.29 is 14.3 Å². The lowest BCUT2D eigenvalue weighted by Crippen LogP contribution is -2.42. The summed E-state index contributed by atoms with van der Waals surface area (Å²) in [4.78, 5) is 26.0. The normalized spacial score (nSPS) is 12.1. The van der Waals surface area contributed by atoms with Crippen molar-refractivity contribution in [1.29, 1.82) is 0 Å². The van der Waals surface area contributed by atoms with Crippen molar-refractivity contribution in [3.8, 4) is 5.69 Å². The van der Waals surface area contributed by atoms with Crippen molar-refractivity contribution in [1.82, 2.24) is 20.3 Å². The standard InChI is InChI=1S/C19H26N4O3/c1-11(2)9-15(19(25)26-6)20-18(24)17-14(5)21-23(22-17)16-8-7-12(3)10-13(16)4/h7-8,10-11,15H,9H2,1-6H3,(H,20,24). The lowest BCUT2D eigenvalue weighted by atomic mass is 10.0. The Hall–Kier alpha value is -2.70. The second-order valence-corrected chi connectivity index (χ2v) is 6.89. The summed E-state index contributed by atoms with van der Waals surface area (Å²) in [6.07, 6.45) is 0.489. The molecule has 0 aliphatic rings. The second-order valence-electron chi connectivity index (χ2n) is 6.89. The number of benzene rings is 1. The van der Waals surface area contributed by atoms with Crippen LogP contribution in [0.4, 0.5) is 0 Å². The van der Waals surface area contributed by atoms with Crippen molar-refractivity contribution in [2.45, 2.75) is 47.1 Å². The maximum Gasteiger partial charge on any atom is 0.328 e. The van der Waals surface area contributed by atoms with Gasteiger partial charge in [-0.3, -0.25) is 4.79 Å².